The van der Waals surface area contributed by atoms with E-state index in [1.54, 1.807) is 31.4 Å². The number of nitrogens with one attached hydrogen (secondary N) is 2. The monoisotopic (exact) mass is 412 g/mol. The van der Waals surface area contributed by atoms with Crippen LogP contribution in [0.4, 0.5) is 5.69 Å². The highest BCUT2D eigenvalue weighted by molar-refractivity contribution is 6.03. The quantitative estimate of drug-likeness (QED) is 0.481. The number of amides is 1. The summed E-state index contributed by atoms with van der Waals surface area (Å²) in [5, 5.41) is 5.62. The maximum Gasteiger partial charge on any atom is 0.354 e. The molecule has 0 radical (unpaired) electrons. The van der Waals surface area contributed by atoms with Crippen molar-refractivity contribution in [1.29, 1.82) is 0 Å². The van der Waals surface area contributed by atoms with Crippen LogP contribution in [0.5, 0.6) is 5.75 Å². The van der Waals surface area contributed by atoms with Gasteiger partial charge >= 0.3 is 11.9 Å². The Morgan fingerprint density at radius 3 is 2.33 bits per heavy atom. The summed E-state index contributed by atoms with van der Waals surface area (Å²) in [6.07, 6.45) is 1.54. The molecule has 0 fully saturated rings. The molecule has 0 unspecified atom stereocenters. The second-order valence-corrected chi connectivity index (χ2v) is 6.06. The Balaban J connectivity index is 2.13. The van der Waals surface area contributed by atoms with Crippen LogP contribution in [-0.4, -0.2) is 45.7 Å². The molecule has 1 amide bonds. The first-order valence-corrected chi connectivity index (χ1v) is 9.14. The van der Waals surface area contributed by atoms with E-state index in [1.807, 2.05) is 24.3 Å². The van der Waals surface area contributed by atoms with E-state index < -0.39 is 11.9 Å². The number of rotatable bonds is 9. The van der Waals surface area contributed by atoms with Crippen molar-refractivity contribution in [2.75, 3.05) is 33.2 Å². The van der Waals surface area contributed by atoms with Crippen LogP contribution in [0.3, 0.4) is 0 Å². The summed E-state index contributed by atoms with van der Waals surface area (Å²) in [5.74, 6) is -1.09. The van der Waals surface area contributed by atoms with Gasteiger partial charge in [0.15, 0.2) is 0 Å². The Bertz CT molecular complexity index is 939. The number of methoxy groups -OCH3 is 3. The minimum atomic E-state index is -0.771. The molecule has 0 bridgehead atoms. The van der Waals surface area contributed by atoms with E-state index in [4.69, 9.17) is 4.74 Å². The van der Waals surface area contributed by atoms with Crippen molar-refractivity contribution in [1.82, 2.24) is 5.32 Å². The first kappa shape index (κ1) is 22.5. The zero-order valence-electron chi connectivity index (χ0n) is 17.1. The van der Waals surface area contributed by atoms with Gasteiger partial charge in [0.1, 0.15) is 11.4 Å². The lowest BCUT2D eigenvalue weighted by molar-refractivity contribution is -0.138. The number of hydrogen-bond acceptors (Lipinski definition) is 7. The van der Waals surface area contributed by atoms with Gasteiger partial charge in [-0.05, 0) is 30.2 Å². The summed E-state index contributed by atoms with van der Waals surface area (Å²) >= 11 is 0. The van der Waals surface area contributed by atoms with Crippen LogP contribution in [0.15, 0.2) is 60.3 Å². The molecule has 8 heteroatoms. The van der Waals surface area contributed by atoms with Crippen molar-refractivity contribution >= 4 is 23.5 Å². The summed E-state index contributed by atoms with van der Waals surface area (Å²) in [6, 6.07) is 14.2. The summed E-state index contributed by atoms with van der Waals surface area (Å²) < 4.78 is 14.5. The highest BCUT2D eigenvalue weighted by Crippen LogP contribution is 2.19. The number of esters is 2. The summed E-state index contributed by atoms with van der Waals surface area (Å²) in [5.41, 5.74) is 1.46. The molecule has 0 atom stereocenters. The molecule has 0 saturated heterocycles. The van der Waals surface area contributed by atoms with Gasteiger partial charge in [0.2, 0.25) is 0 Å². The molecule has 0 spiro atoms. The van der Waals surface area contributed by atoms with Gasteiger partial charge < -0.3 is 24.8 Å². The zero-order valence-corrected chi connectivity index (χ0v) is 17.1. The second-order valence-electron chi connectivity index (χ2n) is 6.06. The molecule has 30 heavy (non-hydrogen) atoms. The zero-order chi connectivity index (χ0) is 21.9. The van der Waals surface area contributed by atoms with Gasteiger partial charge in [-0.1, -0.05) is 30.3 Å². The van der Waals surface area contributed by atoms with Gasteiger partial charge in [0.05, 0.1) is 38.7 Å². The number of carbonyl (C=O) groups is 3. The van der Waals surface area contributed by atoms with Gasteiger partial charge in [-0.2, -0.15) is 0 Å². The molecule has 2 N–H and O–H groups in total. The highest BCUT2D eigenvalue weighted by atomic mass is 16.5. The Morgan fingerprint density at radius 2 is 1.63 bits per heavy atom. The number of hydrogen-bond donors (Lipinski definition) is 2. The van der Waals surface area contributed by atoms with Crippen LogP contribution in [0, 0.1) is 0 Å². The van der Waals surface area contributed by atoms with E-state index >= 15 is 0 Å². The molecule has 2 rings (SSSR count). The molecule has 0 aliphatic carbocycles. The van der Waals surface area contributed by atoms with Gasteiger partial charge in [0, 0.05) is 6.54 Å². The molecule has 0 aromatic heterocycles. The molecule has 0 aliphatic rings. The lowest BCUT2D eigenvalue weighted by Gasteiger charge is -2.14. The van der Waals surface area contributed by atoms with Gasteiger partial charge in [0.25, 0.3) is 5.91 Å². The number of carbonyl (C=O) groups excluding carboxylic acids is 3. The summed E-state index contributed by atoms with van der Waals surface area (Å²) in [6.45, 7) is 0.384. The van der Waals surface area contributed by atoms with E-state index in [1.165, 1.54) is 14.2 Å². The van der Waals surface area contributed by atoms with E-state index in [0.717, 1.165) is 17.4 Å². The third-order valence-corrected chi connectivity index (χ3v) is 4.18. The van der Waals surface area contributed by atoms with Crippen LogP contribution in [-0.2, 0) is 25.5 Å². The Labute approximate surface area is 174 Å². The maximum absolute atomic E-state index is 12.7. The Kier molecular flexibility index (Phi) is 8.43. The normalized spacial score (nSPS) is 10.7. The van der Waals surface area contributed by atoms with Crippen LogP contribution in [0.25, 0.3) is 0 Å². The standard InChI is InChI=1S/C22H24N2O6/c1-28-19-11-7-4-8-15(19)12-13-23-21(26)16-9-5-6-10-17(16)24-18(22(27)30-3)14-20(25)29-2/h4-11,14,24H,12-13H2,1-3H3,(H,23,26)/b18-14+. The average molecular weight is 412 g/mol. The van der Waals surface area contributed by atoms with Crippen molar-refractivity contribution in [2.45, 2.75) is 6.42 Å². The van der Waals surface area contributed by atoms with Crippen molar-refractivity contribution < 1.29 is 28.6 Å². The number of ether oxygens (including phenoxy) is 3. The largest absolute Gasteiger partial charge is 0.496 e. The van der Waals surface area contributed by atoms with Gasteiger partial charge in [-0.15, -0.1) is 0 Å². The number of benzene rings is 2. The third kappa shape index (κ3) is 6.10. The molecule has 0 saturated carbocycles. The minimum Gasteiger partial charge on any atom is -0.496 e. The molecule has 0 aliphatic heterocycles. The lowest BCUT2D eigenvalue weighted by Crippen LogP contribution is -2.27. The van der Waals surface area contributed by atoms with E-state index in [-0.39, 0.29) is 11.6 Å². The summed E-state index contributed by atoms with van der Waals surface area (Å²) in [7, 11) is 3.97. The number of anilines is 1. The molecule has 8 nitrogen and oxygen atoms in total. The fraction of sp³-hybridized carbons (Fsp3) is 0.227. The minimum absolute atomic E-state index is 0.154. The van der Waals surface area contributed by atoms with Crippen LogP contribution in [0.1, 0.15) is 15.9 Å². The van der Waals surface area contributed by atoms with Crippen LogP contribution in [0.2, 0.25) is 0 Å². The predicted molar refractivity (Wildman–Crippen MR) is 111 cm³/mol. The fourth-order valence-electron chi connectivity index (χ4n) is 2.68. The SMILES string of the molecule is COC(=O)/C=C(/Nc1ccccc1C(=O)NCCc1ccccc1OC)C(=O)OC. The molecular formula is C22H24N2O6. The maximum atomic E-state index is 12.7. The molecule has 2 aromatic carbocycles. The molecular weight excluding hydrogens is 388 g/mol. The molecule has 2 aromatic rings. The van der Waals surface area contributed by atoms with Crippen LogP contribution < -0.4 is 15.4 Å². The highest BCUT2D eigenvalue weighted by Gasteiger charge is 2.17. The van der Waals surface area contributed by atoms with Crippen molar-refractivity contribution in [3.63, 3.8) is 0 Å². The average Bonchev–Trinajstić information content (AvgIpc) is 2.78. The lowest BCUT2D eigenvalue weighted by atomic mass is 10.1. The number of para-hydroxylation sites is 2. The first-order valence-electron chi connectivity index (χ1n) is 9.14. The fourth-order valence-corrected chi connectivity index (χ4v) is 2.68. The van der Waals surface area contributed by atoms with Gasteiger partial charge in [-0.25, -0.2) is 9.59 Å². The summed E-state index contributed by atoms with van der Waals surface area (Å²) in [4.78, 5) is 36.2. The van der Waals surface area contributed by atoms with E-state index in [2.05, 4.69) is 20.1 Å². The molecule has 0 heterocycles. The first-order chi connectivity index (χ1) is 14.5. The van der Waals surface area contributed by atoms with Gasteiger partial charge in [-0.3, -0.25) is 4.79 Å². The van der Waals surface area contributed by atoms with Crippen molar-refractivity contribution in [3.05, 3.63) is 71.4 Å². The molecule has 158 valence electrons. The Hall–Kier alpha value is -3.81. The van der Waals surface area contributed by atoms with E-state index in [9.17, 15) is 14.4 Å². The third-order valence-electron chi connectivity index (χ3n) is 4.18. The second kappa shape index (κ2) is 11.3. The van der Waals surface area contributed by atoms with Crippen molar-refractivity contribution in [2.24, 2.45) is 0 Å². The Morgan fingerprint density at radius 1 is 0.933 bits per heavy atom. The van der Waals surface area contributed by atoms with Crippen molar-refractivity contribution in [3.8, 4) is 5.75 Å². The topological polar surface area (TPSA) is 103 Å². The predicted octanol–water partition coefficient (Wildman–Crippen LogP) is 2.31. The smallest absolute Gasteiger partial charge is 0.354 e. The van der Waals surface area contributed by atoms with Crippen LogP contribution >= 0.6 is 0 Å². The van der Waals surface area contributed by atoms with E-state index in [0.29, 0.717) is 24.2 Å².